The van der Waals surface area contributed by atoms with Crippen molar-refractivity contribution in [2.45, 2.75) is 19.7 Å². The molecular formula is C19H19FN2O2. The summed E-state index contributed by atoms with van der Waals surface area (Å²) in [5, 5.41) is 13.5. The van der Waals surface area contributed by atoms with E-state index < -0.39 is 0 Å². The number of pyridine rings is 1. The molecule has 0 unspecified atom stereocenters. The Morgan fingerprint density at radius 2 is 1.92 bits per heavy atom. The van der Waals surface area contributed by atoms with Gasteiger partial charge in [-0.25, -0.2) is 9.37 Å². The smallest absolute Gasteiger partial charge is 0.218 e. The molecule has 0 aliphatic heterocycles. The van der Waals surface area contributed by atoms with Gasteiger partial charge in [0.25, 0.3) is 0 Å². The molecule has 4 nitrogen and oxygen atoms in total. The number of fused-ring (bicyclic) bond motifs is 1. The van der Waals surface area contributed by atoms with E-state index in [1.165, 1.54) is 6.07 Å². The van der Waals surface area contributed by atoms with E-state index in [0.717, 1.165) is 22.0 Å². The highest BCUT2D eigenvalue weighted by Gasteiger charge is 2.08. The van der Waals surface area contributed by atoms with Crippen LogP contribution in [-0.4, -0.2) is 17.2 Å². The first-order chi connectivity index (χ1) is 11.7. The zero-order valence-electron chi connectivity index (χ0n) is 13.4. The SMILES string of the molecule is COc1nc2ccccc2cc1CNCc1ccc(F)c(CO)c1. The molecule has 3 aromatic rings. The average molecular weight is 326 g/mol. The maximum atomic E-state index is 13.4. The van der Waals surface area contributed by atoms with E-state index in [1.54, 1.807) is 19.2 Å². The van der Waals surface area contributed by atoms with Gasteiger partial charge in [0.05, 0.1) is 19.2 Å². The van der Waals surface area contributed by atoms with E-state index >= 15 is 0 Å². The van der Waals surface area contributed by atoms with Gasteiger partial charge in [-0.2, -0.15) is 0 Å². The van der Waals surface area contributed by atoms with Gasteiger partial charge in [-0.15, -0.1) is 0 Å². The predicted molar refractivity (Wildman–Crippen MR) is 91.2 cm³/mol. The second-order valence-electron chi connectivity index (χ2n) is 5.54. The van der Waals surface area contributed by atoms with Gasteiger partial charge in [0, 0.05) is 29.6 Å². The summed E-state index contributed by atoms with van der Waals surface area (Å²) in [6.07, 6.45) is 0. The lowest BCUT2D eigenvalue weighted by molar-refractivity contribution is 0.275. The third kappa shape index (κ3) is 3.53. The Labute approximate surface area is 139 Å². The molecule has 24 heavy (non-hydrogen) atoms. The van der Waals surface area contributed by atoms with Gasteiger partial charge in [0.2, 0.25) is 5.88 Å². The van der Waals surface area contributed by atoms with Gasteiger partial charge in [-0.1, -0.05) is 24.3 Å². The zero-order valence-corrected chi connectivity index (χ0v) is 13.4. The molecule has 0 aliphatic rings. The summed E-state index contributed by atoms with van der Waals surface area (Å²) >= 11 is 0. The number of aromatic nitrogens is 1. The normalized spacial score (nSPS) is 11.0. The first-order valence-corrected chi connectivity index (χ1v) is 7.73. The molecule has 0 atom stereocenters. The Bertz CT molecular complexity index is 852. The molecule has 0 amide bonds. The number of ether oxygens (including phenoxy) is 1. The fourth-order valence-corrected chi connectivity index (χ4v) is 2.65. The van der Waals surface area contributed by atoms with Gasteiger partial charge < -0.3 is 15.2 Å². The lowest BCUT2D eigenvalue weighted by atomic mass is 10.1. The van der Waals surface area contributed by atoms with Crippen LogP contribution < -0.4 is 10.1 Å². The molecule has 2 aromatic carbocycles. The molecule has 0 radical (unpaired) electrons. The Morgan fingerprint density at radius 3 is 2.71 bits per heavy atom. The largest absolute Gasteiger partial charge is 0.481 e. The van der Waals surface area contributed by atoms with Crippen molar-refractivity contribution >= 4 is 10.9 Å². The third-order valence-electron chi connectivity index (χ3n) is 3.88. The number of methoxy groups -OCH3 is 1. The number of aliphatic hydroxyl groups excluding tert-OH is 1. The number of hydrogen-bond acceptors (Lipinski definition) is 4. The second-order valence-corrected chi connectivity index (χ2v) is 5.54. The van der Waals surface area contributed by atoms with Gasteiger partial charge in [-0.05, 0) is 29.8 Å². The van der Waals surface area contributed by atoms with E-state index in [2.05, 4.69) is 16.4 Å². The van der Waals surface area contributed by atoms with Gasteiger partial charge in [-0.3, -0.25) is 0 Å². The molecule has 2 N–H and O–H groups in total. The molecule has 5 heteroatoms. The average Bonchev–Trinajstić information content (AvgIpc) is 2.62. The molecule has 0 fully saturated rings. The van der Waals surface area contributed by atoms with Crippen LogP contribution in [0.4, 0.5) is 4.39 Å². The molecule has 3 rings (SSSR count). The Hall–Kier alpha value is -2.50. The minimum absolute atomic E-state index is 0.303. The summed E-state index contributed by atoms with van der Waals surface area (Å²) < 4.78 is 18.8. The maximum absolute atomic E-state index is 13.4. The topological polar surface area (TPSA) is 54.4 Å². The summed E-state index contributed by atoms with van der Waals surface area (Å²) in [7, 11) is 1.61. The molecule has 124 valence electrons. The van der Waals surface area contributed by atoms with Gasteiger partial charge >= 0.3 is 0 Å². The van der Waals surface area contributed by atoms with Crippen LogP contribution in [0.15, 0.2) is 48.5 Å². The molecule has 1 aromatic heterocycles. The molecule has 1 heterocycles. The highest BCUT2D eigenvalue weighted by Crippen LogP contribution is 2.22. The molecule has 0 saturated heterocycles. The Kier molecular flexibility index (Phi) is 5.03. The maximum Gasteiger partial charge on any atom is 0.218 e. The van der Waals surface area contributed by atoms with E-state index in [-0.39, 0.29) is 12.4 Å². The van der Waals surface area contributed by atoms with Crippen LogP contribution >= 0.6 is 0 Å². The van der Waals surface area contributed by atoms with E-state index in [9.17, 15) is 4.39 Å². The second kappa shape index (κ2) is 7.38. The summed E-state index contributed by atoms with van der Waals surface area (Å²) in [5.74, 6) is 0.206. The van der Waals surface area contributed by atoms with Crippen molar-refractivity contribution in [3.05, 3.63) is 71.0 Å². The van der Waals surface area contributed by atoms with Crippen molar-refractivity contribution in [1.82, 2.24) is 10.3 Å². The number of nitrogens with zero attached hydrogens (tertiary/aromatic N) is 1. The van der Waals surface area contributed by atoms with Crippen LogP contribution in [0, 0.1) is 5.82 Å². The van der Waals surface area contributed by atoms with Crippen LogP contribution in [0.2, 0.25) is 0 Å². The molecule has 0 saturated carbocycles. The summed E-state index contributed by atoms with van der Waals surface area (Å²) in [6.45, 7) is 0.832. The van der Waals surface area contributed by atoms with Crippen molar-refractivity contribution < 1.29 is 14.2 Å². The zero-order chi connectivity index (χ0) is 16.9. The quantitative estimate of drug-likeness (QED) is 0.730. The van der Waals surface area contributed by atoms with Crippen molar-refractivity contribution in [2.75, 3.05) is 7.11 Å². The lowest BCUT2D eigenvalue weighted by Crippen LogP contribution is -2.14. The lowest BCUT2D eigenvalue weighted by Gasteiger charge is -2.11. The number of halogens is 1. The summed E-state index contributed by atoms with van der Waals surface area (Å²) in [5.41, 5.74) is 3.07. The van der Waals surface area contributed by atoms with Crippen molar-refractivity contribution in [3.63, 3.8) is 0 Å². The number of benzene rings is 2. The first kappa shape index (κ1) is 16.4. The van der Waals surface area contributed by atoms with E-state index in [0.29, 0.717) is 24.5 Å². The Balaban J connectivity index is 1.73. The minimum atomic E-state index is -0.387. The fraction of sp³-hybridized carbons (Fsp3) is 0.211. The Morgan fingerprint density at radius 1 is 1.08 bits per heavy atom. The van der Waals surface area contributed by atoms with E-state index in [1.807, 2.05) is 24.3 Å². The number of para-hydroxylation sites is 1. The molecule has 0 aliphatic carbocycles. The minimum Gasteiger partial charge on any atom is -0.481 e. The standard InChI is InChI=1S/C19H19FN2O2/c1-24-19-15(9-14-4-2-3-5-18(14)22-19)11-21-10-13-6-7-17(20)16(8-13)12-23/h2-9,21,23H,10-12H2,1H3. The predicted octanol–water partition coefficient (Wildman–Crippen LogP) is 3.16. The monoisotopic (exact) mass is 326 g/mol. The highest BCUT2D eigenvalue weighted by atomic mass is 19.1. The molecule has 0 bridgehead atoms. The van der Waals surface area contributed by atoms with Crippen LogP contribution in [-0.2, 0) is 19.7 Å². The van der Waals surface area contributed by atoms with Crippen molar-refractivity contribution in [3.8, 4) is 5.88 Å². The number of aliphatic hydroxyl groups is 1. The van der Waals surface area contributed by atoms with Crippen LogP contribution in [0.5, 0.6) is 5.88 Å². The number of nitrogens with one attached hydrogen (secondary N) is 1. The van der Waals surface area contributed by atoms with Crippen molar-refractivity contribution in [2.24, 2.45) is 0 Å². The first-order valence-electron chi connectivity index (χ1n) is 7.73. The molecular weight excluding hydrogens is 307 g/mol. The number of hydrogen-bond donors (Lipinski definition) is 2. The fourth-order valence-electron chi connectivity index (χ4n) is 2.65. The highest BCUT2D eigenvalue weighted by molar-refractivity contribution is 5.80. The van der Waals surface area contributed by atoms with Crippen molar-refractivity contribution in [1.29, 1.82) is 0 Å². The van der Waals surface area contributed by atoms with Crippen LogP contribution in [0.25, 0.3) is 10.9 Å². The third-order valence-corrected chi connectivity index (χ3v) is 3.88. The van der Waals surface area contributed by atoms with Crippen LogP contribution in [0.1, 0.15) is 16.7 Å². The molecule has 0 spiro atoms. The summed E-state index contributed by atoms with van der Waals surface area (Å²) in [6, 6.07) is 14.7. The van der Waals surface area contributed by atoms with Gasteiger partial charge in [0.15, 0.2) is 0 Å². The summed E-state index contributed by atoms with van der Waals surface area (Å²) in [4.78, 5) is 4.51. The van der Waals surface area contributed by atoms with Gasteiger partial charge in [0.1, 0.15) is 5.82 Å². The van der Waals surface area contributed by atoms with Crippen LogP contribution in [0.3, 0.4) is 0 Å². The van der Waals surface area contributed by atoms with E-state index in [4.69, 9.17) is 9.84 Å². The number of rotatable bonds is 6.